The standard InChI is InChI=1S/C18H10F5NO3/c1-2-27-18(26)10-7-24(13-4-3-8(19)5-11(13)20)16-9(17(10)25)6-12(21)14(22)15(16)23/h3-7H,2H2,1H3. The molecule has 0 amide bonds. The largest absolute Gasteiger partial charge is 0.462 e. The molecule has 0 N–H and O–H groups in total. The minimum Gasteiger partial charge on any atom is -0.462 e. The minimum atomic E-state index is -1.89. The van der Waals surface area contributed by atoms with Gasteiger partial charge in [-0.2, -0.15) is 0 Å². The van der Waals surface area contributed by atoms with Gasteiger partial charge in [0.15, 0.2) is 17.5 Å². The molecule has 0 spiro atoms. The summed E-state index contributed by atoms with van der Waals surface area (Å²) < 4.78 is 74.5. The van der Waals surface area contributed by atoms with Gasteiger partial charge in [0.2, 0.25) is 5.43 Å². The van der Waals surface area contributed by atoms with Crippen molar-refractivity contribution in [3.8, 4) is 5.69 Å². The van der Waals surface area contributed by atoms with Crippen molar-refractivity contribution in [2.45, 2.75) is 6.92 Å². The lowest BCUT2D eigenvalue weighted by Crippen LogP contribution is -2.22. The second kappa shape index (κ2) is 6.82. The second-order valence-electron chi connectivity index (χ2n) is 5.44. The molecule has 3 rings (SSSR count). The van der Waals surface area contributed by atoms with E-state index < -0.39 is 62.6 Å². The van der Waals surface area contributed by atoms with Crippen LogP contribution >= 0.6 is 0 Å². The van der Waals surface area contributed by atoms with E-state index in [0.717, 1.165) is 18.3 Å². The molecule has 9 heteroatoms. The van der Waals surface area contributed by atoms with Crippen LogP contribution in [-0.4, -0.2) is 17.1 Å². The topological polar surface area (TPSA) is 48.3 Å². The fourth-order valence-corrected chi connectivity index (χ4v) is 2.61. The molecule has 140 valence electrons. The van der Waals surface area contributed by atoms with Gasteiger partial charge in [0.25, 0.3) is 0 Å². The van der Waals surface area contributed by atoms with E-state index in [1.807, 2.05) is 0 Å². The monoisotopic (exact) mass is 383 g/mol. The highest BCUT2D eigenvalue weighted by molar-refractivity contribution is 5.94. The van der Waals surface area contributed by atoms with E-state index in [9.17, 15) is 31.5 Å². The van der Waals surface area contributed by atoms with E-state index in [1.165, 1.54) is 6.92 Å². The summed E-state index contributed by atoms with van der Waals surface area (Å²) in [7, 11) is 0. The van der Waals surface area contributed by atoms with Gasteiger partial charge in [0, 0.05) is 12.3 Å². The molecule has 0 saturated heterocycles. The molecular weight excluding hydrogens is 373 g/mol. The highest BCUT2D eigenvalue weighted by atomic mass is 19.2. The predicted molar refractivity (Wildman–Crippen MR) is 85.3 cm³/mol. The van der Waals surface area contributed by atoms with Gasteiger partial charge < -0.3 is 9.30 Å². The normalized spacial score (nSPS) is 11.0. The Labute approximate surface area is 148 Å². The summed E-state index contributed by atoms with van der Waals surface area (Å²) in [4.78, 5) is 24.5. The number of esters is 1. The van der Waals surface area contributed by atoms with Gasteiger partial charge >= 0.3 is 5.97 Å². The van der Waals surface area contributed by atoms with E-state index in [0.29, 0.717) is 16.7 Å². The molecule has 0 aliphatic heterocycles. The van der Waals surface area contributed by atoms with Gasteiger partial charge in [0.1, 0.15) is 17.2 Å². The molecule has 27 heavy (non-hydrogen) atoms. The third-order valence-corrected chi connectivity index (χ3v) is 3.79. The molecule has 0 fully saturated rings. The summed E-state index contributed by atoms with van der Waals surface area (Å²) in [6, 6.07) is 2.60. The van der Waals surface area contributed by atoms with E-state index in [-0.39, 0.29) is 6.61 Å². The maximum Gasteiger partial charge on any atom is 0.343 e. The number of fused-ring (bicyclic) bond motifs is 1. The average molecular weight is 383 g/mol. The van der Waals surface area contributed by atoms with Crippen LogP contribution in [0.25, 0.3) is 16.6 Å². The molecular formula is C18H10F5NO3. The van der Waals surface area contributed by atoms with Gasteiger partial charge in [-0.15, -0.1) is 0 Å². The first-order valence-electron chi connectivity index (χ1n) is 7.61. The van der Waals surface area contributed by atoms with E-state index >= 15 is 0 Å². The zero-order chi connectivity index (χ0) is 19.9. The Morgan fingerprint density at radius 2 is 1.74 bits per heavy atom. The number of hydrogen-bond donors (Lipinski definition) is 0. The number of rotatable bonds is 3. The molecule has 0 unspecified atom stereocenters. The number of benzene rings is 2. The Bertz CT molecular complexity index is 1140. The summed E-state index contributed by atoms with van der Waals surface area (Å²) >= 11 is 0. The lowest BCUT2D eigenvalue weighted by Gasteiger charge is -2.15. The fraction of sp³-hybridized carbons (Fsp3) is 0.111. The van der Waals surface area contributed by atoms with Crippen LogP contribution < -0.4 is 5.43 Å². The van der Waals surface area contributed by atoms with Crippen molar-refractivity contribution >= 4 is 16.9 Å². The van der Waals surface area contributed by atoms with Crippen LogP contribution in [0.1, 0.15) is 17.3 Å². The van der Waals surface area contributed by atoms with Gasteiger partial charge in [-0.05, 0) is 25.1 Å². The smallest absolute Gasteiger partial charge is 0.343 e. The van der Waals surface area contributed by atoms with Crippen molar-refractivity contribution in [1.29, 1.82) is 0 Å². The lowest BCUT2D eigenvalue weighted by molar-refractivity contribution is 0.0524. The first-order chi connectivity index (χ1) is 12.8. The minimum absolute atomic E-state index is 0.104. The van der Waals surface area contributed by atoms with Gasteiger partial charge in [-0.25, -0.2) is 26.7 Å². The van der Waals surface area contributed by atoms with E-state index in [4.69, 9.17) is 4.74 Å². The van der Waals surface area contributed by atoms with Crippen LogP contribution in [0.2, 0.25) is 0 Å². The maximum absolute atomic E-state index is 14.4. The van der Waals surface area contributed by atoms with Gasteiger partial charge in [0.05, 0.1) is 23.2 Å². The summed E-state index contributed by atoms with van der Waals surface area (Å²) in [5.41, 5.74) is -3.08. The second-order valence-corrected chi connectivity index (χ2v) is 5.44. The Morgan fingerprint density at radius 1 is 1.04 bits per heavy atom. The number of carbonyl (C=O) groups is 1. The van der Waals surface area contributed by atoms with Crippen LogP contribution in [0.5, 0.6) is 0 Å². The summed E-state index contributed by atoms with van der Waals surface area (Å²) in [6.45, 7) is 1.36. The van der Waals surface area contributed by atoms with Gasteiger partial charge in [-0.3, -0.25) is 4.79 Å². The number of nitrogens with zero attached hydrogens (tertiary/aromatic N) is 1. The number of hydrogen-bond acceptors (Lipinski definition) is 3. The first kappa shape index (κ1) is 18.6. The molecule has 2 aromatic carbocycles. The molecule has 1 aromatic heterocycles. The molecule has 0 radical (unpaired) electrons. The summed E-state index contributed by atoms with van der Waals surface area (Å²) in [5.74, 6) is -8.55. The SMILES string of the molecule is CCOC(=O)c1cn(-c2ccc(F)cc2F)c2c(F)c(F)c(F)cc2c1=O. The van der Waals surface area contributed by atoms with Crippen molar-refractivity contribution < 1.29 is 31.5 Å². The molecule has 0 aliphatic rings. The molecule has 0 aliphatic carbocycles. The van der Waals surface area contributed by atoms with Crippen LogP contribution in [0.3, 0.4) is 0 Å². The van der Waals surface area contributed by atoms with Crippen molar-refractivity contribution in [3.05, 3.63) is 75.3 Å². The number of halogens is 5. The summed E-state index contributed by atoms with van der Waals surface area (Å²) in [6.07, 6.45) is 0.736. The number of carbonyl (C=O) groups excluding carboxylic acids is 1. The third kappa shape index (κ3) is 3.05. The van der Waals surface area contributed by atoms with Crippen molar-refractivity contribution in [2.24, 2.45) is 0 Å². The zero-order valence-corrected chi connectivity index (χ0v) is 13.7. The molecule has 1 heterocycles. The number of ether oxygens (including phenoxy) is 1. The predicted octanol–water partition coefficient (Wildman–Crippen LogP) is 3.86. The maximum atomic E-state index is 14.4. The molecule has 0 saturated carbocycles. The highest BCUT2D eigenvalue weighted by Gasteiger charge is 2.24. The van der Waals surface area contributed by atoms with Crippen LogP contribution in [0, 0.1) is 29.1 Å². The average Bonchev–Trinajstić information content (AvgIpc) is 2.61. The Hall–Kier alpha value is -3.23. The molecule has 0 atom stereocenters. The zero-order valence-electron chi connectivity index (χ0n) is 13.7. The highest BCUT2D eigenvalue weighted by Crippen LogP contribution is 2.26. The number of pyridine rings is 1. The van der Waals surface area contributed by atoms with E-state index in [1.54, 1.807) is 0 Å². The lowest BCUT2D eigenvalue weighted by atomic mass is 10.1. The summed E-state index contributed by atoms with van der Waals surface area (Å²) in [5, 5.41) is -0.708. The molecule has 3 aromatic rings. The molecule has 4 nitrogen and oxygen atoms in total. The quantitative estimate of drug-likeness (QED) is 0.392. The van der Waals surface area contributed by atoms with Crippen LogP contribution in [-0.2, 0) is 4.74 Å². The van der Waals surface area contributed by atoms with E-state index in [2.05, 4.69) is 0 Å². The molecule has 0 bridgehead atoms. The fourth-order valence-electron chi connectivity index (χ4n) is 2.61. The van der Waals surface area contributed by atoms with Crippen molar-refractivity contribution in [2.75, 3.05) is 6.61 Å². The Kier molecular flexibility index (Phi) is 4.69. The third-order valence-electron chi connectivity index (χ3n) is 3.79. The van der Waals surface area contributed by atoms with Crippen molar-refractivity contribution in [1.82, 2.24) is 4.57 Å². The Balaban J connectivity index is 2.50. The van der Waals surface area contributed by atoms with Crippen molar-refractivity contribution in [3.63, 3.8) is 0 Å². The van der Waals surface area contributed by atoms with Crippen LogP contribution in [0.15, 0.2) is 35.3 Å². The Morgan fingerprint density at radius 3 is 2.37 bits per heavy atom. The van der Waals surface area contributed by atoms with Crippen LogP contribution in [0.4, 0.5) is 22.0 Å². The van der Waals surface area contributed by atoms with Gasteiger partial charge in [-0.1, -0.05) is 0 Å². The first-order valence-corrected chi connectivity index (χ1v) is 7.61. The number of aromatic nitrogens is 1.